The molecule has 1 atom stereocenters. The molecule has 1 aromatic heterocycles. The van der Waals surface area contributed by atoms with Gasteiger partial charge in [0.1, 0.15) is 0 Å². The van der Waals surface area contributed by atoms with Crippen LogP contribution in [-0.4, -0.2) is 13.1 Å². The lowest BCUT2D eigenvalue weighted by Gasteiger charge is -2.17. The highest BCUT2D eigenvalue weighted by Crippen LogP contribution is 2.24. The van der Waals surface area contributed by atoms with Crippen LogP contribution in [0.2, 0.25) is 0 Å². The van der Waals surface area contributed by atoms with E-state index in [1.165, 1.54) is 17.6 Å². The quantitative estimate of drug-likeness (QED) is 0.738. The minimum Gasteiger partial charge on any atom is -0.469 e. The molecule has 0 aromatic carbocycles. The molecule has 0 saturated heterocycles. The summed E-state index contributed by atoms with van der Waals surface area (Å²) in [6, 6.07) is 2.09. The average molecular weight is 226 g/mol. The highest BCUT2D eigenvalue weighted by atomic mass is 32.1. The Bertz CT molecular complexity index is 328. The molecule has 2 nitrogen and oxygen atoms in total. The van der Waals surface area contributed by atoms with Crippen LogP contribution in [0.15, 0.2) is 11.4 Å². The first-order valence-electron chi connectivity index (χ1n) is 5.17. The molecule has 0 N–H and O–H groups in total. The SMILES string of the molecule is COC(=O)C(Cc1sccc1C)C(C)C. The van der Waals surface area contributed by atoms with Gasteiger partial charge in [0.25, 0.3) is 0 Å². The molecule has 1 unspecified atom stereocenters. The highest BCUT2D eigenvalue weighted by molar-refractivity contribution is 7.10. The smallest absolute Gasteiger partial charge is 0.309 e. The van der Waals surface area contributed by atoms with Crippen molar-refractivity contribution in [3.8, 4) is 0 Å². The molecule has 15 heavy (non-hydrogen) atoms. The molecule has 0 radical (unpaired) electrons. The third-order valence-electron chi connectivity index (χ3n) is 2.68. The predicted molar refractivity (Wildman–Crippen MR) is 63.1 cm³/mol. The van der Waals surface area contributed by atoms with Gasteiger partial charge in [0.2, 0.25) is 0 Å². The minimum atomic E-state index is -0.0993. The van der Waals surface area contributed by atoms with Crippen LogP contribution >= 0.6 is 11.3 Å². The van der Waals surface area contributed by atoms with Crippen molar-refractivity contribution in [1.82, 2.24) is 0 Å². The van der Waals surface area contributed by atoms with Crippen LogP contribution < -0.4 is 0 Å². The van der Waals surface area contributed by atoms with Crippen LogP contribution in [0.4, 0.5) is 0 Å². The molecule has 0 aliphatic heterocycles. The molecular weight excluding hydrogens is 208 g/mol. The van der Waals surface area contributed by atoms with Crippen molar-refractivity contribution in [3.05, 3.63) is 21.9 Å². The van der Waals surface area contributed by atoms with Crippen molar-refractivity contribution in [2.75, 3.05) is 7.11 Å². The van der Waals surface area contributed by atoms with E-state index in [2.05, 4.69) is 32.2 Å². The van der Waals surface area contributed by atoms with Gasteiger partial charge in [-0.15, -0.1) is 11.3 Å². The summed E-state index contributed by atoms with van der Waals surface area (Å²) >= 11 is 1.72. The zero-order chi connectivity index (χ0) is 11.4. The summed E-state index contributed by atoms with van der Waals surface area (Å²) < 4.78 is 4.83. The number of carbonyl (C=O) groups is 1. The fourth-order valence-corrected chi connectivity index (χ4v) is 2.52. The number of carbonyl (C=O) groups excluding carboxylic acids is 1. The largest absolute Gasteiger partial charge is 0.469 e. The number of ether oxygens (including phenoxy) is 1. The van der Waals surface area contributed by atoms with Crippen molar-refractivity contribution < 1.29 is 9.53 Å². The number of thiophene rings is 1. The van der Waals surface area contributed by atoms with Crippen molar-refractivity contribution in [1.29, 1.82) is 0 Å². The van der Waals surface area contributed by atoms with Crippen molar-refractivity contribution in [2.24, 2.45) is 11.8 Å². The topological polar surface area (TPSA) is 26.3 Å². The second kappa shape index (κ2) is 5.31. The maximum Gasteiger partial charge on any atom is 0.309 e. The summed E-state index contributed by atoms with van der Waals surface area (Å²) in [6.07, 6.45) is 0.799. The lowest BCUT2D eigenvalue weighted by molar-refractivity contribution is -0.146. The van der Waals surface area contributed by atoms with Crippen molar-refractivity contribution >= 4 is 17.3 Å². The summed E-state index contributed by atoms with van der Waals surface area (Å²) in [5.41, 5.74) is 1.27. The number of rotatable bonds is 4. The highest BCUT2D eigenvalue weighted by Gasteiger charge is 2.24. The average Bonchev–Trinajstić information content (AvgIpc) is 2.59. The van der Waals surface area contributed by atoms with Crippen molar-refractivity contribution in [2.45, 2.75) is 27.2 Å². The maximum atomic E-state index is 11.6. The van der Waals surface area contributed by atoms with E-state index >= 15 is 0 Å². The van der Waals surface area contributed by atoms with Crippen LogP contribution in [0.25, 0.3) is 0 Å². The molecule has 0 saturated carbocycles. The van der Waals surface area contributed by atoms with E-state index in [1.54, 1.807) is 11.3 Å². The van der Waals surface area contributed by atoms with E-state index in [0.717, 1.165) is 6.42 Å². The van der Waals surface area contributed by atoms with Gasteiger partial charge < -0.3 is 4.74 Å². The lowest BCUT2D eigenvalue weighted by atomic mass is 9.91. The fraction of sp³-hybridized carbons (Fsp3) is 0.583. The predicted octanol–water partition coefficient (Wildman–Crippen LogP) is 3.04. The Morgan fingerprint density at radius 3 is 2.60 bits per heavy atom. The summed E-state index contributed by atoms with van der Waals surface area (Å²) in [5.74, 6) is 0.198. The molecule has 0 aliphatic carbocycles. The van der Waals surface area contributed by atoms with E-state index in [-0.39, 0.29) is 11.9 Å². The first kappa shape index (κ1) is 12.2. The molecule has 0 bridgehead atoms. The van der Waals surface area contributed by atoms with Gasteiger partial charge in [-0.05, 0) is 36.3 Å². The summed E-state index contributed by atoms with van der Waals surface area (Å²) in [4.78, 5) is 12.9. The zero-order valence-corrected chi connectivity index (χ0v) is 10.6. The molecule has 3 heteroatoms. The molecule has 0 amide bonds. The van der Waals surface area contributed by atoms with Gasteiger partial charge in [0.05, 0.1) is 13.0 Å². The lowest BCUT2D eigenvalue weighted by Crippen LogP contribution is -2.23. The third-order valence-corrected chi connectivity index (χ3v) is 3.73. The summed E-state index contributed by atoms with van der Waals surface area (Å²) in [5, 5.41) is 2.07. The molecule has 0 aliphatic rings. The van der Waals surface area contributed by atoms with Gasteiger partial charge in [-0.3, -0.25) is 4.79 Å². The Labute approximate surface area is 95.3 Å². The van der Waals surface area contributed by atoms with Gasteiger partial charge in [0.15, 0.2) is 0 Å². The van der Waals surface area contributed by atoms with Gasteiger partial charge >= 0.3 is 5.97 Å². The van der Waals surface area contributed by atoms with Gasteiger partial charge in [-0.1, -0.05) is 13.8 Å². The minimum absolute atomic E-state index is 0.0210. The molecule has 84 valence electrons. The van der Waals surface area contributed by atoms with E-state index < -0.39 is 0 Å². The van der Waals surface area contributed by atoms with Gasteiger partial charge in [0, 0.05) is 4.88 Å². The third kappa shape index (κ3) is 3.06. The second-order valence-corrected chi connectivity index (χ2v) is 5.11. The maximum absolute atomic E-state index is 11.6. The Kier molecular flexibility index (Phi) is 4.33. The van der Waals surface area contributed by atoms with Crippen LogP contribution in [0.5, 0.6) is 0 Å². The number of aryl methyl sites for hydroxylation is 1. The summed E-state index contributed by atoms with van der Waals surface area (Å²) in [6.45, 7) is 6.20. The van der Waals surface area contributed by atoms with Crippen LogP contribution in [-0.2, 0) is 16.0 Å². The second-order valence-electron chi connectivity index (χ2n) is 4.10. The van der Waals surface area contributed by atoms with E-state index in [4.69, 9.17) is 4.74 Å². The molecular formula is C12H18O2S. The Balaban J connectivity index is 2.76. The zero-order valence-electron chi connectivity index (χ0n) is 9.74. The van der Waals surface area contributed by atoms with E-state index in [0.29, 0.717) is 5.92 Å². The Hall–Kier alpha value is -0.830. The monoisotopic (exact) mass is 226 g/mol. The normalized spacial score (nSPS) is 12.9. The Morgan fingerprint density at radius 1 is 1.53 bits per heavy atom. The van der Waals surface area contributed by atoms with Gasteiger partial charge in [-0.2, -0.15) is 0 Å². The van der Waals surface area contributed by atoms with Crippen LogP contribution in [0, 0.1) is 18.8 Å². The first-order valence-corrected chi connectivity index (χ1v) is 6.05. The molecule has 0 fully saturated rings. The first-order chi connectivity index (χ1) is 7.06. The van der Waals surface area contributed by atoms with Crippen molar-refractivity contribution in [3.63, 3.8) is 0 Å². The standard InChI is InChI=1S/C12H18O2S/c1-8(2)10(12(13)14-4)7-11-9(3)5-6-15-11/h5-6,8,10H,7H2,1-4H3. The Morgan fingerprint density at radius 2 is 2.20 bits per heavy atom. The number of methoxy groups -OCH3 is 1. The van der Waals surface area contributed by atoms with E-state index in [1.807, 2.05) is 0 Å². The number of esters is 1. The summed E-state index contributed by atoms with van der Waals surface area (Å²) in [7, 11) is 1.46. The van der Waals surface area contributed by atoms with Gasteiger partial charge in [-0.25, -0.2) is 0 Å². The molecule has 1 heterocycles. The fourth-order valence-electron chi connectivity index (χ4n) is 1.56. The molecule has 0 spiro atoms. The molecule has 1 rings (SSSR count). The number of hydrogen-bond acceptors (Lipinski definition) is 3. The van der Waals surface area contributed by atoms with Crippen LogP contribution in [0.3, 0.4) is 0 Å². The van der Waals surface area contributed by atoms with Crippen LogP contribution in [0.1, 0.15) is 24.3 Å². The van der Waals surface area contributed by atoms with E-state index in [9.17, 15) is 4.79 Å². The molecule has 1 aromatic rings. The number of hydrogen-bond donors (Lipinski definition) is 0.